The smallest absolute Gasteiger partial charge is 0.241 e. The Bertz CT molecular complexity index is 854. The van der Waals surface area contributed by atoms with Gasteiger partial charge < -0.3 is 25.2 Å². The Hall–Kier alpha value is -3.22. The summed E-state index contributed by atoms with van der Waals surface area (Å²) < 4.78 is 5.51. The predicted molar refractivity (Wildman–Crippen MR) is 121 cm³/mol. The second-order valence-electron chi connectivity index (χ2n) is 7.54. The quantitative estimate of drug-likeness (QED) is 0.541. The number of para-hydroxylation sites is 2. The average Bonchev–Trinajstić information content (AvgIpc) is 3.24. The van der Waals surface area contributed by atoms with Gasteiger partial charge in [-0.3, -0.25) is 4.79 Å². The third-order valence-electron chi connectivity index (χ3n) is 5.12. The monoisotopic (exact) mass is 409 g/mol. The summed E-state index contributed by atoms with van der Waals surface area (Å²) in [5.41, 5.74) is 2.22. The van der Waals surface area contributed by atoms with Crippen molar-refractivity contribution in [2.75, 3.05) is 45.7 Å². The van der Waals surface area contributed by atoms with Gasteiger partial charge in [-0.25, -0.2) is 4.99 Å². The molecule has 1 unspecified atom stereocenters. The van der Waals surface area contributed by atoms with Crippen molar-refractivity contribution in [1.82, 2.24) is 15.5 Å². The zero-order chi connectivity index (χ0) is 21.3. The number of hydrogen-bond acceptors (Lipinski definition) is 4. The molecule has 2 N–H and O–H groups in total. The van der Waals surface area contributed by atoms with Crippen LogP contribution in [0.25, 0.3) is 0 Å². The predicted octanol–water partition coefficient (Wildman–Crippen LogP) is 2.10. The number of carbonyl (C=O) groups excluding carboxylic acids is 1. The summed E-state index contributed by atoms with van der Waals surface area (Å²) in [7, 11) is 5.20. The van der Waals surface area contributed by atoms with E-state index >= 15 is 0 Å². The zero-order valence-corrected chi connectivity index (χ0v) is 18.0. The molecule has 1 aliphatic rings. The molecule has 0 aromatic heterocycles. The Kier molecular flexibility index (Phi) is 7.54. The van der Waals surface area contributed by atoms with Gasteiger partial charge in [0.2, 0.25) is 5.91 Å². The highest BCUT2D eigenvalue weighted by Gasteiger charge is 2.25. The van der Waals surface area contributed by atoms with Gasteiger partial charge >= 0.3 is 0 Å². The summed E-state index contributed by atoms with van der Waals surface area (Å²) in [5.74, 6) is 1.54. The molecular formula is C23H31N5O2. The minimum atomic E-state index is 0.00582. The number of aliphatic imine (C=N–C) groups is 1. The second-order valence-corrected chi connectivity index (χ2v) is 7.54. The third-order valence-corrected chi connectivity index (χ3v) is 5.12. The van der Waals surface area contributed by atoms with E-state index in [0.29, 0.717) is 12.5 Å². The normalized spacial score (nSPS) is 16.3. The van der Waals surface area contributed by atoms with Crippen LogP contribution in [0, 0.1) is 0 Å². The molecule has 1 aliphatic heterocycles. The lowest BCUT2D eigenvalue weighted by molar-refractivity contribution is -0.127. The van der Waals surface area contributed by atoms with Crippen molar-refractivity contribution in [3.05, 3.63) is 60.2 Å². The van der Waals surface area contributed by atoms with Crippen LogP contribution in [0.2, 0.25) is 0 Å². The molecule has 0 aliphatic carbocycles. The van der Waals surface area contributed by atoms with Gasteiger partial charge in [-0.1, -0.05) is 42.5 Å². The van der Waals surface area contributed by atoms with E-state index in [1.54, 1.807) is 26.1 Å². The van der Waals surface area contributed by atoms with Crippen LogP contribution in [0.4, 0.5) is 5.69 Å². The number of ether oxygens (including phenoxy) is 1. The molecule has 160 valence electrons. The molecule has 1 atom stereocenters. The molecule has 1 fully saturated rings. The number of benzene rings is 2. The van der Waals surface area contributed by atoms with Crippen LogP contribution in [-0.4, -0.2) is 63.6 Å². The maximum Gasteiger partial charge on any atom is 0.241 e. The Morgan fingerprint density at radius 1 is 1.17 bits per heavy atom. The lowest BCUT2D eigenvalue weighted by atomic mass is 10.2. The van der Waals surface area contributed by atoms with Crippen LogP contribution in [0.15, 0.2) is 59.6 Å². The number of amides is 1. The number of anilines is 1. The van der Waals surface area contributed by atoms with Gasteiger partial charge in [-0.05, 0) is 24.1 Å². The standard InChI is InChI=1S/C23H31N5O2/c1-27(2)22(29)16-25-23(24-15-18-9-5-4-6-10-18)26-19-13-14-28(17-19)20-11-7-8-12-21(20)30-3/h4-12,19H,13-17H2,1-3H3,(H2,24,25,26). The fraction of sp³-hybridized carbons (Fsp3) is 0.391. The van der Waals surface area contributed by atoms with E-state index in [0.717, 1.165) is 36.5 Å². The lowest BCUT2D eigenvalue weighted by Crippen LogP contribution is -2.47. The van der Waals surface area contributed by atoms with E-state index in [1.165, 1.54) is 0 Å². The van der Waals surface area contributed by atoms with Crippen LogP contribution < -0.4 is 20.3 Å². The first-order valence-corrected chi connectivity index (χ1v) is 10.2. The number of rotatable bonds is 7. The Balaban J connectivity index is 1.65. The van der Waals surface area contributed by atoms with Gasteiger partial charge in [0.15, 0.2) is 5.96 Å². The molecule has 0 bridgehead atoms. The highest BCUT2D eigenvalue weighted by Crippen LogP contribution is 2.30. The fourth-order valence-corrected chi connectivity index (χ4v) is 3.41. The van der Waals surface area contributed by atoms with Crippen molar-refractivity contribution in [3.8, 4) is 5.75 Å². The number of methoxy groups -OCH3 is 1. The molecule has 1 amide bonds. The minimum Gasteiger partial charge on any atom is -0.495 e. The van der Waals surface area contributed by atoms with Crippen molar-refractivity contribution < 1.29 is 9.53 Å². The minimum absolute atomic E-state index is 0.00582. The lowest BCUT2D eigenvalue weighted by Gasteiger charge is -2.22. The topological polar surface area (TPSA) is 69.2 Å². The maximum absolute atomic E-state index is 12.0. The van der Waals surface area contributed by atoms with Crippen LogP contribution in [0.5, 0.6) is 5.75 Å². The third kappa shape index (κ3) is 5.89. The maximum atomic E-state index is 12.0. The molecule has 1 saturated heterocycles. The van der Waals surface area contributed by atoms with E-state index in [-0.39, 0.29) is 18.5 Å². The summed E-state index contributed by atoms with van der Waals surface area (Å²) in [5, 5.41) is 6.68. The first-order valence-electron chi connectivity index (χ1n) is 10.2. The highest BCUT2D eigenvalue weighted by molar-refractivity contribution is 5.86. The van der Waals surface area contributed by atoms with Crippen molar-refractivity contribution in [1.29, 1.82) is 0 Å². The van der Waals surface area contributed by atoms with Crippen LogP contribution in [-0.2, 0) is 11.3 Å². The first kappa shape index (κ1) is 21.5. The van der Waals surface area contributed by atoms with Crippen molar-refractivity contribution >= 4 is 17.6 Å². The van der Waals surface area contributed by atoms with Gasteiger partial charge in [0.25, 0.3) is 0 Å². The highest BCUT2D eigenvalue weighted by atomic mass is 16.5. The van der Waals surface area contributed by atoms with Gasteiger partial charge in [0, 0.05) is 33.2 Å². The van der Waals surface area contributed by atoms with Crippen LogP contribution in [0.1, 0.15) is 12.0 Å². The molecule has 30 heavy (non-hydrogen) atoms. The zero-order valence-electron chi connectivity index (χ0n) is 18.0. The number of likely N-dealkylation sites (N-methyl/N-ethyl adjacent to an activating group) is 1. The van der Waals surface area contributed by atoms with E-state index in [4.69, 9.17) is 9.73 Å². The van der Waals surface area contributed by atoms with Gasteiger partial charge in [-0.15, -0.1) is 0 Å². The first-order chi connectivity index (χ1) is 14.6. The number of carbonyl (C=O) groups is 1. The van der Waals surface area contributed by atoms with Gasteiger partial charge in [0.05, 0.1) is 25.9 Å². The fourth-order valence-electron chi connectivity index (χ4n) is 3.41. The molecule has 2 aromatic carbocycles. The molecule has 2 aromatic rings. The second kappa shape index (κ2) is 10.5. The average molecular weight is 410 g/mol. The van der Waals surface area contributed by atoms with Crippen molar-refractivity contribution in [3.63, 3.8) is 0 Å². The number of nitrogens with one attached hydrogen (secondary N) is 2. The van der Waals surface area contributed by atoms with Crippen LogP contribution >= 0.6 is 0 Å². The van der Waals surface area contributed by atoms with Crippen molar-refractivity contribution in [2.45, 2.75) is 19.0 Å². The Labute approximate surface area is 178 Å². The summed E-state index contributed by atoms with van der Waals surface area (Å²) in [4.78, 5) is 20.6. The van der Waals surface area contributed by atoms with Crippen LogP contribution in [0.3, 0.4) is 0 Å². The van der Waals surface area contributed by atoms with E-state index in [1.807, 2.05) is 48.5 Å². The molecule has 7 heteroatoms. The molecule has 0 saturated carbocycles. The van der Waals surface area contributed by atoms with E-state index in [2.05, 4.69) is 21.6 Å². The Morgan fingerprint density at radius 3 is 2.63 bits per heavy atom. The molecule has 0 radical (unpaired) electrons. The molecule has 1 heterocycles. The summed E-state index contributed by atoms with van der Waals surface area (Å²) in [6.07, 6.45) is 0.978. The number of nitrogens with zero attached hydrogens (tertiary/aromatic N) is 3. The number of hydrogen-bond donors (Lipinski definition) is 2. The van der Waals surface area contributed by atoms with E-state index in [9.17, 15) is 4.79 Å². The Morgan fingerprint density at radius 2 is 1.90 bits per heavy atom. The summed E-state index contributed by atoms with van der Waals surface area (Å²) >= 11 is 0. The van der Waals surface area contributed by atoms with E-state index < -0.39 is 0 Å². The van der Waals surface area contributed by atoms with Gasteiger partial charge in [-0.2, -0.15) is 0 Å². The SMILES string of the molecule is COc1ccccc1N1CCC(NC(=NCc2ccccc2)NCC(=O)N(C)C)C1. The van der Waals surface area contributed by atoms with Crippen molar-refractivity contribution in [2.24, 2.45) is 4.99 Å². The number of guanidine groups is 1. The molecule has 3 rings (SSSR count). The molecular weight excluding hydrogens is 378 g/mol. The largest absolute Gasteiger partial charge is 0.495 e. The summed E-state index contributed by atoms with van der Waals surface area (Å²) in [6.45, 7) is 2.53. The summed E-state index contributed by atoms with van der Waals surface area (Å²) in [6, 6.07) is 18.4. The molecule has 7 nitrogen and oxygen atoms in total. The molecule has 0 spiro atoms. The van der Waals surface area contributed by atoms with Gasteiger partial charge in [0.1, 0.15) is 5.75 Å².